The summed E-state index contributed by atoms with van der Waals surface area (Å²) in [5.41, 5.74) is 6.18. The van der Waals surface area contributed by atoms with Gasteiger partial charge in [-0.1, -0.05) is 6.42 Å². The second-order valence-corrected chi connectivity index (χ2v) is 6.27. The van der Waals surface area contributed by atoms with Gasteiger partial charge < -0.3 is 11.1 Å². The average Bonchev–Trinajstić information content (AvgIpc) is 2.70. The van der Waals surface area contributed by atoms with E-state index in [0.29, 0.717) is 5.41 Å². The van der Waals surface area contributed by atoms with Crippen molar-refractivity contribution in [3.05, 3.63) is 16.6 Å². The molecule has 0 spiro atoms. The zero-order valence-electron chi connectivity index (χ0n) is 10.1. The summed E-state index contributed by atoms with van der Waals surface area (Å²) in [6, 6.07) is 0. The van der Waals surface area contributed by atoms with Crippen LogP contribution in [0.1, 0.15) is 38.1 Å². The van der Waals surface area contributed by atoms with Gasteiger partial charge in [0.15, 0.2) is 0 Å². The second-order valence-electron chi connectivity index (χ2n) is 5.37. The van der Waals surface area contributed by atoms with Gasteiger partial charge >= 0.3 is 0 Å². The zero-order chi connectivity index (χ0) is 11.6. The maximum absolute atomic E-state index is 5.86. The molecule has 16 heavy (non-hydrogen) atoms. The van der Waals surface area contributed by atoms with Crippen LogP contribution in [0.25, 0.3) is 0 Å². The first kappa shape index (κ1) is 12.0. The Bertz CT molecular complexity index is 323. The number of nitrogens with two attached hydrogens (primary N) is 1. The molecule has 1 fully saturated rings. The van der Waals surface area contributed by atoms with Gasteiger partial charge in [-0.2, -0.15) is 0 Å². The lowest BCUT2D eigenvalue weighted by Gasteiger charge is -2.43. The van der Waals surface area contributed by atoms with Crippen molar-refractivity contribution in [1.29, 1.82) is 0 Å². The molecule has 1 aromatic heterocycles. The SMILES string of the molecule is CC(C)(NCC1(CN)CCC1)c1nccs1. The fourth-order valence-corrected chi connectivity index (χ4v) is 2.89. The second kappa shape index (κ2) is 4.43. The van der Waals surface area contributed by atoms with E-state index in [1.807, 2.05) is 11.6 Å². The van der Waals surface area contributed by atoms with E-state index in [4.69, 9.17) is 5.73 Å². The summed E-state index contributed by atoms with van der Waals surface area (Å²) in [5.74, 6) is 0. The van der Waals surface area contributed by atoms with Crippen LogP contribution in [-0.4, -0.2) is 18.1 Å². The lowest BCUT2D eigenvalue weighted by atomic mass is 9.68. The monoisotopic (exact) mass is 239 g/mol. The molecule has 2 rings (SSSR count). The lowest BCUT2D eigenvalue weighted by Crippen LogP contribution is -2.50. The van der Waals surface area contributed by atoms with Crippen molar-refractivity contribution in [2.75, 3.05) is 13.1 Å². The van der Waals surface area contributed by atoms with Gasteiger partial charge in [-0.3, -0.25) is 0 Å². The largest absolute Gasteiger partial charge is 0.330 e. The van der Waals surface area contributed by atoms with Crippen LogP contribution >= 0.6 is 11.3 Å². The van der Waals surface area contributed by atoms with Crippen molar-refractivity contribution in [2.45, 2.75) is 38.6 Å². The van der Waals surface area contributed by atoms with Gasteiger partial charge in [-0.05, 0) is 38.6 Å². The molecule has 0 aliphatic heterocycles. The van der Waals surface area contributed by atoms with Crippen molar-refractivity contribution in [2.24, 2.45) is 11.1 Å². The van der Waals surface area contributed by atoms with Crippen molar-refractivity contribution in [1.82, 2.24) is 10.3 Å². The van der Waals surface area contributed by atoms with Gasteiger partial charge in [0.2, 0.25) is 0 Å². The first-order valence-corrected chi connectivity index (χ1v) is 6.81. The van der Waals surface area contributed by atoms with Crippen LogP contribution < -0.4 is 11.1 Å². The molecule has 1 aliphatic carbocycles. The van der Waals surface area contributed by atoms with Gasteiger partial charge in [-0.25, -0.2) is 4.98 Å². The molecule has 1 aromatic rings. The third-order valence-corrected chi connectivity index (χ3v) is 4.82. The maximum atomic E-state index is 5.86. The van der Waals surface area contributed by atoms with E-state index in [0.717, 1.165) is 18.1 Å². The summed E-state index contributed by atoms with van der Waals surface area (Å²) < 4.78 is 0. The molecule has 3 N–H and O–H groups in total. The Hall–Kier alpha value is -0.450. The van der Waals surface area contributed by atoms with Crippen molar-refractivity contribution in [3.63, 3.8) is 0 Å². The van der Waals surface area contributed by atoms with Gasteiger partial charge in [0.25, 0.3) is 0 Å². The summed E-state index contributed by atoms with van der Waals surface area (Å²) in [5, 5.41) is 6.80. The first-order valence-electron chi connectivity index (χ1n) is 5.93. The van der Waals surface area contributed by atoms with E-state index in [-0.39, 0.29) is 5.54 Å². The Balaban J connectivity index is 1.94. The molecular weight excluding hydrogens is 218 g/mol. The van der Waals surface area contributed by atoms with Crippen LogP contribution in [0.15, 0.2) is 11.6 Å². The van der Waals surface area contributed by atoms with E-state index >= 15 is 0 Å². The van der Waals surface area contributed by atoms with E-state index in [2.05, 4.69) is 24.1 Å². The highest BCUT2D eigenvalue weighted by molar-refractivity contribution is 7.09. The van der Waals surface area contributed by atoms with Gasteiger partial charge in [0.1, 0.15) is 5.01 Å². The van der Waals surface area contributed by atoms with Crippen LogP contribution in [-0.2, 0) is 5.54 Å². The molecule has 1 heterocycles. The molecular formula is C12H21N3S. The highest BCUT2D eigenvalue weighted by Gasteiger charge is 2.37. The molecule has 1 aliphatic rings. The fraction of sp³-hybridized carbons (Fsp3) is 0.750. The fourth-order valence-electron chi connectivity index (χ4n) is 2.15. The van der Waals surface area contributed by atoms with Crippen molar-refractivity contribution in [3.8, 4) is 0 Å². The summed E-state index contributed by atoms with van der Waals surface area (Å²) in [6.45, 7) is 6.19. The van der Waals surface area contributed by atoms with Crippen LogP contribution in [0.4, 0.5) is 0 Å². The number of nitrogens with zero attached hydrogens (tertiary/aromatic N) is 1. The topological polar surface area (TPSA) is 50.9 Å². The van der Waals surface area contributed by atoms with E-state index < -0.39 is 0 Å². The van der Waals surface area contributed by atoms with Crippen molar-refractivity contribution >= 4 is 11.3 Å². The van der Waals surface area contributed by atoms with Crippen LogP contribution in [0.5, 0.6) is 0 Å². The molecule has 0 atom stereocenters. The summed E-state index contributed by atoms with van der Waals surface area (Å²) in [7, 11) is 0. The molecule has 3 nitrogen and oxygen atoms in total. The number of hydrogen-bond donors (Lipinski definition) is 2. The Labute approximate surface area is 101 Å². The average molecular weight is 239 g/mol. The number of nitrogens with one attached hydrogen (secondary N) is 1. The predicted octanol–water partition coefficient (Wildman–Crippen LogP) is 2.10. The van der Waals surface area contributed by atoms with E-state index in [1.54, 1.807) is 11.3 Å². The Morgan fingerprint density at radius 3 is 2.75 bits per heavy atom. The Morgan fingerprint density at radius 1 is 1.56 bits per heavy atom. The standard InChI is InChI=1S/C12H21N3S/c1-11(2,10-14-6-7-16-10)15-9-12(8-13)4-3-5-12/h6-7,15H,3-5,8-9,13H2,1-2H3. The molecule has 1 saturated carbocycles. The smallest absolute Gasteiger partial charge is 0.112 e. The molecule has 0 saturated heterocycles. The van der Waals surface area contributed by atoms with Crippen LogP contribution in [0.3, 0.4) is 0 Å². The highest BCUT2D eigenvalue weighted by atomic mass is 32.1. The zero-order valence-corrected chi connectivity index (χ0v) is 10.9. The maximum Gasteiger partial charge on any atom is 0.112 e. The molecule has 4 heteroatoms. The predicted molar refractivity (Wildman–Crippen MR) is 68.5 cm³/mol. The minimum atomic E-state index is -0.0358. The third kappa shape index (κ3) is 2.29. The van der Waals surface area contributed by atoms with Gasteiger partial charge in [-0.15, -0.1) is 11.3 Å². The van der Waals surface area contributed by atoms with E-state index in [1.165, 1.54) is 19.3 Å². The summed E-state index contributed by atoms with van der Waals surface area (Å²) in [4.78, 5) is 4.38. The third-order valence-electron chi connectivity index (χ3n) is 3.72. The Kier molecular flexibility index (Phi) is 3.33. The Morgan fingerprint density at radius 2 is 2.31 bits per heavy atom. The molecule has 0 unspecified atom stereocenters. The minimum Gasteiger partial charge on any atom is -0.330 e. The van der Waals surface area contributed by atoms with Gasteiger partial charge in [0, 0.05) is 18.1 Å². The number of aromatic nitrogens is 1. The summed E-state index contributed by atoms with van der Waals surface area (Å²) in [6.07, 6.45) is 5.73. The number of rotatable bonds is 5. The van der Waals surface area contributed by atoms with Crippen LogP contribution in [0.2, 0.25) is 0 Å². The summed E-state index contributed by atoms with van der Waals surface area (Å²) >= 11 is 1.71. The normalized spacial score (nSPS) is 19.4. The van der Waals surface area contributed by atoms with Crippen LogP contribution in [0, 0.1) is 5.41 Å². The molecule has 0 radical (unpaired) electrons. The highest BCUT2D eigenvalue weighted by Crippen LogP contribution is 2.40. The van der Waals surface area contributed by atoms with E-state index in [9.17, 15) is 0 Å². The quantitative estimate of drug-likeness (QED) is 0.827. The number of thiazole rings is 1. The molecule has 0 amide bonds. The van der Waals surface area contributed by atoms with Gasteiger partial charge in [0.05, 0.1) is 5.54 Å². The first-order chi connectivity index (χ1) is 7.58. The molecule has 90 valence electrons. The molecule has 0 bridgehead atoms. The minimum absolute atomic E-state index is 0.0358. The van der Waals surface area contributed by atoms with Crippen molar-refractivity contribution < 1.29 is 0 Å². The molecule has 0 aromatic carbocycles. The lowest BCUT2D eigenvalue weighted by molar-refractivity contribution is 0.126. The number of hydrogen-bond acceptors (Lipinski definition) is 4.